The Kier molecular flexibility index (Phi) is 18.1. The van der Waals surface area contributed by atoms with E-state index in [4.69, 9.17) is 68.7 Å². The van der Waals surface area contributed by atoms with Crippen LogP contribution in [0.2, 0.25) is 20.1 Å². The summed E-state index contributed by atoms with van der Waals surface area (Å²) < 4.78 is 10.8. The van der Waals surface area contributed by atoms with Crippen molar-refractivity contribution >= 4 is 69.5 Å². The summed E-state index contributed by atoms with van der Waals surface area (Å²) in [6.45, 7) is 26.3. The third kappa shape index (κ3) is 13.8. The third-order valence-corrected chi connectivity index (χ3v) is 11.8. The molecule has 0 aliphatic carbocycles. The van der Waals surface area contributed by atoms with Crippen molar-refractivity contribution in [3.8, 4) is 11.5 Å². The van der Waals surface area contributed by atoms with Crippen molar-refractivity contribution in [3.63, 3.8) is 0 Å². The van der Waals surface area contributed by atoms with Crippen LogP contribution in [0.5, 0.6) is 0 Å². The summed E-state index contributed by atoms with van der Waals surface area (Å²) >= 11 is 24.3. The van der Waals surface area contributed by atoms with Crippen LogP contribution >= 0.6 is 46.4 Å². The summed E-state index contributed by atoms with van der Waals surface area (Å²) in [4.78, 5) is 31.9. The lowest BCUT2D eigenvalue weighted by Gasteiger charge is -2.29. The Morgan fingerprint density at radius 1 is 0.742 bits per heavy atom. The summed E-state index contributed by atoms with van der Waals surface area (Å²) in [7, 11) is 0. The van der Waals surface area contributed by atoms with E-state index in [2.05, 4.69) is 25.2 Å². The minimum atomic E-state index is -1.33. The number of ether oxygens (including phenoxy) is 1. The van der Waals surface area contributed by atoms with Gasteiger partial charge in [-0.2, -0.15) is 0 Å². The normalized spacial score (nSPS) is 13.3. The second kappa shape index (κ2) is 22.5. The second-order valence-electron chi connectivity index (χ2n) is 15.8. The molecule has 1 saturated heterocycles. The van der Waals surface area contributed by atoms with Crippen molar-refractivity contribution in [2.24, 2.45) is 5.92 Å². The number of Topliss-reactive ketones (excluding diaryl/α,β-unsaturated/α-hetero) is 1. The number of nitrogens with one attached hydrogen (secondary N) is 1. The number of aliphatic hydroxyl groups is 2. The van der Waals surface area contributed by atoms with Crippen molar-refractivity contribution in [2.75, 3.05) is 19.8 Å². The number of halogens is 4. The zero-order valence-corrected chi connectivity index (χ0v) is 38.4. The Morgan fingerprint density at radius 3 is 1.69 bits per heavy atom. The lowest BCUT2D eigenvalue weighted by atomic mass is 9.83. The fourth-order valence-corrected chi connectivity index (χ4v) is 7.11. The number of benzene rings is 4. The van der Waals surface area contributed by atoms with Crippen LogP contribution in [-0.4, -0.2) is 63.1 Å². The highest BCUT2D eigenvalue weighted by atomic mass is 35.5. The fraction of sp³-hybridized carbons (Fsp3) is 0.362. The third-order valence-electron chi connectivity index (χ3n) is 10.3. The molecule has 1 aliphatic rings. The summed E-state index contributed by atoms with van der Waals surface area (Å²) in [6.07, 6.45) is 3.21. The van der Waals surface area contributed by atoms with Crippen LogP contribution in [-0.2, 0) is 22.4 Å². The minimum Gasteiger partial charge on any atom is -0.420 e. The molecule has 2 atom stereocenters. The first-order chi connectivity index (χ1) is 29.2. The van der Waals surface area contributed by atoms with Gasteiger partial charge >= 0.3 is 0 Å². The molecular weight excluding hydrogens is 872 g/mol. The number of aromatic nitrogens is 2. The molecule has 1 amide bonds. The number of amides is 1. The van der Waals surface area contributed by atoms with E-state index in [1.54, 1.807) is 101 Å². The van der Waals surface area contributed by atoms with E-state index in [9.17, 15) is 19.8 Å². The SMILES string of the molecule is C1CCOC1.[C-]#[N+]c1ccc(C[C@@H](C(=O)NCC(=O)c2ccc(Cl)cc2)C(C)(C)O)c(C)c1Cl.[C-]#[N+]c1ccc(C[C@@H](c2nnc(-c3ccc(Cl)cc3)o2)C(C)(C)O)c(C)c1Cl. The van der Waals surface area contributed by atoms with Crippen LogP contribution < -0.4 is 5.32 Å². The van der Waals surface area contributed by atoms with Crippen LogP contribution in [0.3, 0.4) is 0 Å². The smallest absolute Gasteiger partial charge is 0.247 e. The van der Waals surface area contributed by atoms with Gasteiger partial charge in [-0.15, -0.1) is 10.2 Å². The van der Waals surface area contributed by atoms with Crippen LogP contribution in [0.25, 0.3) is 21.1 Å². The molecule has 1 aliphatic heterocycles. The first-order valence-corrected chi connectivity index (χ1v) is 21.3. The first-order valence-electron chi connectivity index (χ1n) is 19.7. The second-order valence-corrected chi connectivity index (χ2v) is 17.5. The van der Waals surface area contributed by atoms with Gasteiger partial charge in [-0.25, -0.2) is 9.69 Å². The molecule has 0 saturated carbocycles. The van der Waals surface area contributed by atoms with Crippen molar-refractivity contribution in [3.05, 3.63) is 149 Å². The first kappa shape index (κ1) is 49.8. The van der Waals surface area contributed by atoms with E-state index in [0.717, 1.165) is 35.5 Å². The molecule has 11 nitrogen and oxygen atoms in total. The highest BCUT2D eigenvalue weighted by Crippen LogP contribution is 2.37. The largest absolute Gasteiger partial charge is 0.420 e. The number of ketones is 1. The average molecular weight is 922 g/mol. The monoisotopic (exact) mass is 919 g/mol. The van der Waals surface area contributed by atoms with Gasteiger partial charge in [-0.1, -0.05) is 70.7 Å². The maximum Gasteiger partial charge on any atom is 0.247 e. The Hall–Kier alpha value is -4.82. The Labute approximate surface area is 383 Å². The minimum absolute atomic E-state index is 0.191. The predicted molar refractivity (Wildman–Crippen MR) is 245 cm³/mol. The summed E-state index contributed by atoms with van der Waals surface area (Å²) in [6, 6.07) is 20.4. The number of hydrogen-bond donors (Lipinski definition) is 3. The Morgan fingerprint density at radius 2 is 1.24 bits per heavy atom. The van der Waals surface area contributed by atoms with E-state index in [1.165, 1.54) is 12.8 Å². The lowest BCUT2D eigenvalue weighted by molar-refractivity contribution is -0.132. The number of rotatable bonds is 12. The molecule has 4 aromatic carbocycles. The highest BCUT2D eigenvalue weighted by molar-refractivity contribution is 6.34. The Balaban J connectivity index is 0.000000244. The topological polar surface area (TPSA) is 144 Å². The molecule has 0 bridgehead atoms. The van der Waals surface area contributed by atoms with Gasteiger partial charge < -0.3 is 24.7 Å². The van der Waals surface area contributed by atoms with E-state index in [-0.39, 0.29) is 18.7 Å². The maximum atomic E-state index is 12.8. The molecule has 62 heavy (non-hydrogen) atoms. The van der Waals surface area contributed by atoms with E-state index >= 15 is 0 Å². The molecule has 1 aromatic heterocycles. The highest BCUT2D eigenvalue weighted by Gasteiger charge is 2.35. The molecule has 0 unspecified atom stereocenters. The van der Waals surface area contributed by atoms with E-state index in [0.29, 0.717) is 60.8 Å². The van der Waals surface area contributed by atoms with Crippen LogP contribution in [0.4, 0.5) is 11.4 Å². The van der Waals surface area contributed by atoms with Gasteiger partial charge in [0.1, 0.15) is 0 Å². The molecule has 2 heterocycles. The summed E-state index contributed by atoms with van der Waals surface area (Å²) in [5, 5.41) is 34.1. The average Bonchev–Trinajstić information content (AvgIpc) is 3.98. The quantitative estimate of drug-likeness (QED) is 0.0829. The molecule has 0 radical (unpaired) electrons. The molecule has 3 N–H and O–H groups in total. The molecule has 5 aromatic rings. The van der Waals surface area contributed by atoms with Crippen LogP contribution in [0, 0.1) is 32.9 Å². The standard InChI is InChI=1S/C22H22Cl2N2O3.C21H19Cl2N3O2.C4H8O/c1-13-15(7-10-18(25-4)20(13)24)11-17(22(2,3)29)21(28)26-12-19(27)14-5-8-16(23)9-6-14;1-12-14(7-10-17(24-4)18(12)23)11-16(21(2,3)27)20-26-25-19(28-20)13-5-8-15(22)9-6-13;1-2-4-5-3-1/h5-10,17,29H,11-12H2,1-3H3,(H,26,28);5-10,16,27H,11H2,1-3H3;1-4H2/t17-;16-;/m00./s1. The lowest BCUT2D eigenvalue weighted by Crippen LogP contribution is -2.45. The van der Waals surface area contributed by atoms with Crippen molar-refractivity contribution in [1.82, 2.24) is 15.5 Å². The molecule has 0 spiro atoms. The summed E-state index contributed by atoms with van der Waals surface area (Å²) in [5.74, 6) is -1.26. The zero-order chi connectivity index (χ0) is 45.8. The number of carbonyl (C=O) groups excluding carboxylic acids is 2. The number of carbonyl (C=O) groups is 2. The Bertz CT molecular complexity index is 2400. The predicted octanol–water partition coefficient (Wildman–Crippen LogP) is 11.6. The van der Waals surface area contributed by atoms with Crippen molar-refractivity contribution in [1.29, 1.82) is 0 Å². The van der Waals surface area contributed by atoms with Crippen LogP contribution in [0.1, 0.15) is 85.0 Å². The van der Waals surface area contributed by atoms with E-state index in [1.807, 2.05) is 13.0 Å². The van der Waals surface area contributed by atoms with Crippen LogP contribution in [0.15, 0.2) is 77.2 Å². The summed E-state index contributed by atoms with van der Waals surface area (Å²) in [5.41, 5.74) is 2.67. The van der Waals surface area contributed by atoms with E-state index < -0.39 is 28.9 Å². The molecule has 1 fully saturated rings. The molecule has 6 rings (SSSR count). The van der Waals surface area contributed by atoms with Gasteiger partial charge in [0.2, 0.25) is 29.1 Å². The van der Waals surface area contributed by atoms with Gasteiger partial charge in [-0.3, -0.25) is 9.59 Å². The van der Waals surface area contributed by atoms with Gasteiger partial charge in [-0.05, 0) is 138 Å². The van der Waals surface area contributed by atoms with Crippen molar-refractivity contribution in [2.45, 2.75) is 84.3 Å². The van der Waals surface area contributed by atoms with Gasteiger partial charge in [0.25, 0.3) is 0 Å². The fourth-order valence-electron chi connectivity index (χ4n) is 6.40. The number of nitrogens with zero attached hydrogens (tertiary/aromatic N) is 4. The van der Waals surface area contributed by atoms with Gasteiger partial charge in [0.15, 0.2) is 5.78 Å². The molecule has 326 valence electrons. The van der Waals surface area contributed by atoms with Gasteiger partial charge in [0, 0.05) is 34.4 Å². The maximum absolute atomic E-state index is 12.8. The van der Waals surface area contributed by atoms with Gasteiger partial charge in [0.05, 0.1) is 52.8 Å². The molecular formula is C47H49Cl4N5O6. The number of hydrogen-bond acceptors (Lipinski definition) is 8. The van der Waals surface area contributed by atoms with Crippen molar-refractivity contribution < 1.29 is 29.0 Å². The molecule has 15 heteroatoms. The zero-order valence-electron chi connectivity index (χ0n) is 35.4.